The molecule has 1 aliphatic carbocycles. The second-order valence-corrected chi connectivity index (χ2v) is 25.0. The Hall–Kier alpha value is -5.64. The number of rotatable bonds is 5. The van der Waals surface area contributed by atoms with E-state index in [-0.39, 0.29) is 11.5 Å². The molecule has 12 rings (SSSR count). The molecule has 58 heavy (non-hydrogen) atoms. The van der Waals surface area contributed by atoms with Gasteiger partial charge in [0.1, 0.15) is 0 Å². The monoisotopic (exact) mass is 969 g/mol. The van der Waals surface area contributed by atoms with Gasteiger partial charge >= 0.3 is 358 Å². The summed E-state index contributed by atoms with van der Waals surface area (Å²) in [6.07, 6.45) is 11.8. The Bertz CT molecular complexity index is 3040. The fraction of sp³-hybridized carbons (Fsp3) is 0.0566. The summed E-state index contributed by atoms with van der Waals surface area (Å²) in [5.74, 6) is 0. The number of aromatic nitrogens is 1. The molecule has 1 aromatic heterocycles. The Labute approximate surface area is 355 Å². The molecule has 278 valence electrons. The van der Waals surface area contributed by atoms with E-state index >= 15 is 0 Å². The number of aliphatic imine (C=N–C) groups is 1. The maximum absolute atomic E-state index is 5.75. The van der Waals surface area contributed by atoms with E-state index in [1.54, 1.807) is 3.57 Å². The van der Waals surface area contributed by atoms with E-state index in [4.69, 9.17) is 4.99 Å². The summed E-state index contributed by atoms with van der Waals surface area (Å²) in [5, 5.41) is 2.56. The molecule has 8 aromatic rings. The van der Waals surface area contributed by atoms with Crippen molar-refractivity contribution in [3.63, 3.8) is 0 Å². The molecule has 0 saturated carbocycles. The zero-order chi connectivity index (χ0) is 38.4. The van der Waals surface area contributed by atoms with Crippen molar-refractivity contribution in [2.45, 2.75) is 18.4 Å². The topological polar surface area (TPSA) is 20.5 Å². The molecule has 3 aliphatic heterocycles. The second kappa shape index (κ2) is 13.5. The molecular weight excluding hydrogens is 932 g/mol. The molecular formula is C53H37I2N3. The van der Waals surface area contributed by atoms with Crippen molar-refractivity contribution in [1.29, 1.82) is 0 Å². The van der Waals surface area contributed by atoms with E-state index in [2.05, 4.69) is 217 Å². The van der Waals surface area contributed by atoms with Gasteiger partial charge in [0.2, 0.25) is 0 Å². The van der Waals surface area contributed by atoms with E-state index < -0.39 is 40.6 Å². The average molecular weight is 970 g/mol. The fourth-order valence-electron chi connectivity index (χ4n) is 9.41. The van der Waals surface area contributed by atoms with Crippen molar-refractivity contribution in [1.82, 2.24) is 4.57 Å². The van der Waals surface area contributed by atoms with Crippen molar-refractivity contribution < 1.29 is 0 Å². The first kappa shape index (κ1) is 34.4. The van der Waals surface area contributed by atoms with Crippen LogP contribution in [-0.2, 0) is 5.41 Å². The number of nitrogens with zero attached hydrogens (tertiary/aromatic N) is 3. The maximum atomic E-state index is 5.75. The Morgan fingerprint density at radius 3 is 1.98 bits per heavy atom. The summed E-state index contributed by atoms with van der Waals surface area (Å²) >= 11 is -2.84. The first-order chi connectivity index (χ1) is 28.7. The van der Waals surface area contributed by atoms with Crippen molar-refractivity contribution in [3.05, 3.63) is 224 Å². The van der Waals surface area contributed by atoms with Gasteiger partial charge in [-0.05, 0) is 0 Å². The minimum absolute atomic E-state index is 0.147. The van der Waals surface area contributed by atoms with Gasteiger partial charge in [-0.25, -0.2) is 0 Å². The van der Waals surface area contributed by atoms with Crippen LogP contribution in [0.5, 0.6) is 0 Å². The summed E-state index contributed by atoms with van der Waals surface area (Å²) in [4.78, 5) is 8.45. The summed E-state index contributed by atoms with van der Waals surface area (Å²) in [5.41, 5.74) is 13.9. The minimum atomic E-state index is -2.31. The summed E-state index contributed by atoms with van der Waals surface area (Å²) in [6.45, 7) is 2.44. The zero-order valence-corrected chi connectivity index (χ0v) is 36.0. The average Bonchev–Trinajstić information content (AvgIpc) is 3.90. The van der Waals surface area contributed by atoms with Crippen molar-refractivity contribution in [2.24, 2.45) is 4.99 Å². The van der Waals surface area contributed by atoms with Gasteiger partial charge in [0, 0.05) is 0 Å². The third-order valence-corrected chi connectivity index (χ3v) is 23.8. The van der Waals surface area contributed by atoms with Crippen LogP contribution in [0.1, 0.15) is 23.6 Å². The van der Waals surface area contributed by atoms with Gasteiger partial charge in [0.25, 0.3) is 0 Å². The number of allylic oxidation sites excluding steroid dienone is 3. The van der Waals surface area contributed by atoms with Gasteiger partial charge in [-0.2, -0.15) is 0 Å². The molecule has 4 aliphatic rings. The Morgan fingerprint density at radius 2 is 1.24 bits per heavy atom. The number of halogens is 2. The Morgan fingerprint density at radius 1 is 0.603 bits per heavy atom. The van der Waals surface area contributed by atoms with E-state index in [9.17, 15) is 0 Å². The van der Waals surface area contributed by atoms with Crippen molar-refractivity contribution >= 4 is 84.7 Å². The molecule has 2 unspecified atom stereocenters. The molecule has 0 amide bonds. The van der Waals surface area contributed by atoms with E-state index in [1.165, 1.54) is 75.5 Å². The zero-order valence-electron chi connectivity index (χ0n) is 31.7. The molecule has 0 bridgehead atoms. The second-order valence-electron chi connectivity index (χ2n) is 15.4. The molecule has 7 aromatic carbocycles. The van der Waals surface area contributed by atoms with E-state index in [0.29, 0.717) is 0 Å². The third kappa shape index (κ3) is 5.15. The van der Waals surface area contributed by atoms with Gasteiger partial charge in [-0.15, -0.1) is 0 Å². The van der Waals surface area contributed by atoms with Crippen LogP contribution in [0.3, 0.4) is 0 Å². The van der Waals surface area contributed by atoms with Gasteiger partial charge in [-0.1, -0.05) is 0 Å². The molecule has 0 N–H and O–H groups in total. The number of anilines is 2. The predicted octanol–water partition coefficient (Wildman–Crippen LogP) is 13.8. The normalized spacial score (nSPS) is 19.5. The van der Waals surface area contributed by atoms with Crippen molar-refractivity contribution in [2.75, 3.05) is 4.90 Å². The quantitative estimate of drug-likeness (QED) is 0.157. The molecule has 3 nitrogen and oxygen atoms in total. The number of hydrogen-bond acceptors (Lipinski definition) is 2. The van der Waals surface area contributed by atoms with Gasteiger partial charge in [0.15, 0.2) is 0 Å². The standard InChI is InChI=1S/C53H37I2N3/c1-53-33-15-14-26-49(53)58(38-29-27-37(28-30-38)57-47-24-12-9-21-40(47)41-22-10-13-25-48(41)57)51-43(53)32-31-42-39-20-8-11-23-45(39)55(50(42)51)52-54-44(35-16-4-2-5-17-35)34-46(56-52)36-18-6-3-7-19-36/h2-34,49H,1H3. The first-order valence-corrected chi connectivity index (χ1v) is 25.2. The summed E-state index contributed by atoms with van der Waals surface area (Å²) in [7, 11) is 0. The van der Waals surface area contributed by atoms with Crippen LogP contribution in [0.15, 0.2) is 205 Å². The fourth-order valence-corrected chi connectivity index (χ4v) is 23.0. The van der Waals surface area contributed by atoms with Crippen LogP contribution < -0.4 is 4.90 Å². The molecule has 0 spiro atoms. The molecule has 0 saturated heterocycles. The Kier molecular flexibility index (Phi) is 7.99. The van der Waals surface area contributed by atoms with Gasteiger partial charge < -0.3 is 0 Å². The van der Waals surface area contributed by atoms with Crippen LogP contribution in [0, 0.1) is 7.14 Å². The molecule has 2 atom stereocenters. The van der Waals surface area contributed by atoms with Crippen LogP contribution in [-0.4, -0.2) is 15.8 Å². The number of benzene rings is 7. The molecule has 5 heteroatoms. The molecule has 0 radical (unpaired) electrons. The summed E-state index contributed by atoms with van der Waals surface area (Å²) < 4.78 is 8.38. The van der Waals surface area contributed by atoms with Gasteiger partial charge in [-0.3, -0.25) is 0 Å². The Balaban J connectivity index is 1.07. The van der Waals surface area contributed by atoms with Crippen LogP contribution >= 0.6 is 40.6 Å². The predicted molar refractivity (Wildman–Crippen MR) is 262 cm³/mol. The molecule has 4 heterocycles. The summed E-state index contributed by atoms with van der Waals surface area (Å²) in [6, 6.07) is 63.1. The number of hydrogen-bond donors (Lipinski definition) is 0. The third-order valence-electron chi connectivity index (χ3n) is 12.1. The first-order valence-electron chi connectivity index (χ1n) is 19.8. The molecule has 0 fully saturated rings. The van der Waals surface area contributed by atoms with Crippen molar-refractivity contribution in [3.8, 4) is 16.8 Å². The number of fused-ring (bicyclic) bond motifs is 10. The van der Waals surface area contributed by atoms with Crippen LogP contribution in [0.2, 0.25) is 0 Å². The SMILES string of the molecule is CC12C=CC=CC1N(c1ccc(-n3c4ccccc4c4ccccc43)cc1)c1c2ccc2c1I(C1=NC(c3ccccc3)=CC(c3ccccc3)=I1)c1ccccc1-2. The van der Waals surface area contributed by atoms with E-state index in [0.717, 1.165) is 5.70 Å². The number of para-hydroxylation sites is 2. The van der Waals surface area contributed by atoms with Crippen LogP contribution in [0.4, 0.5) is 11.4 Å². The van der Waals surface area contributed by atoms with E-state index in [1.807, 2.05) is 0 Å². The van der Waals surface area contributed by atoms with Crippen LogP contribution in [0.25, 0.3) is 44.3 Å². The van der Waals surface area contributed by atoms with Gasteiger partial charge in [0.05, 0.1) is 0 Å².